The quantitative estimate of drug-likeness (QED) is 0.733. The molecule has 5 nitrogen and oxygen atoms in total. The highest BCUT2D eigenvalue weighted by molar-refractivity contribution is 9.10. The number of halogens is 4. The van der Waals surface area contributed by atoms with Crippen LogP contribution in [0.25, 0.3) is 0 Å². The molecule has 0 bridgehead atoms. The second-order valence-corrected chi connectivity index (χ2v) is 7.19. The molecule has 128 valence electrons. The average Bonchev–Trinajstić information content (AvgIpc) is 2.43. The molecule has 1 aromatic carbocycles. The van der Waals surface area contributed by atoms with Gasteiger partial charge in [-0.2, -0.15) is 0 Å². The van der Waals surface area contributed by atoms with Gasteiger partial charge in [-0.05, 0) is 34.1 Å². The Kier molecular flexibility index (Phi) is 10.0. The maximum absolute atomic E-state index is 13.1. The van der Waals surface area contributed by atoms with E-state index in [-0.39, 0.29) is 34.2 Å². The molecule has 1 heterocycles. The van der Waals surface area contributed by atoms with Gasteiger partial charge in [-0.1, -0.05) is 0 Å². The van der Waals surface area contributed by atoms with Gasteiger partial charge in [0.1, 0.15) is 5.82 Å². The van der Waals surface area contributed by atoms with Crippen molar-refractivity contribution < 1.29 is 12.8 Å². The normalized spacial score (nSPS) is 15.7. The molecule has 1 fully saturated rings. The number of rotatable bonds is 5. The highest BCUT2D eigenvalue weighted by Crippen LogP contribution is 2.19. The lowest BCUT2D eigenvalue weighted by atomic mass is 10.3. The first-order valence-corrected chi connectivity index (χ1v) is 8.64. The zero-order chi connectivity index (χ0) is 14.6. The van der Waals surface area contributed by atoms with Crippen LogP contribution in [0, 0.1) is 5.82 Å². The largest absolute Gasteiger partial charge is 0.314 e. The van der Waals surface area contributed by atoms with E-state index in [1.54, 1.807) is 0 Å². The Morgan fingerprint density at radius 1 is 1.27 bits per heavy atom. The minimum Gasteiger partial charge on any atom is -0.314 e. The monoisotopic (exact) mass is 437 g/mol. The fourth-order valence-corrected chi connectivity index (χ4v) is 3.58. The van der Waals surface area contributed by atoms with Crippen LogP contribution in [0.3, 0.4) is 0 Å². The number of piperazine rings is 1. The van der Waals surface area contributed by atoms with Crippen molar-refractivity contribution in [1.29, 1.82) is 0 Å². The van der Waals surface area contributed by atoms with Crippen molar-refractivity contribution in [3.63, 3.8) is 0 Å². The molecule has 10 heteroatoms. The van der Waals surface area contributed by atoms with Crippen molar-refractivity contribution in [1.82, 2.24) is 14.9 Å². The Morgan fingerprint density at radius 2 is 1.91 bits per heavy atom. The lowest BCUT2D eigenvalue weighted by molar-refractivity contribution is 0.245. The third-order valence-corrected chi connectivity index (χ3v) is 5.20. The Labute approximate surface area is 151 Å². The standard InChI is InChI=1S/C12H17BrFN3O2S.2ClH/c13-11-9-10(1-2-12(11)14)20(18,19)16-5-8-17-6-3-15-4-7-17;;/h1-2,9,15-16H,3-8H2;2*1H. The van der Waals surface area contributed by atoms with E-state index in [4.69, 9.17) is 0 Å². The maximum atomic E-state index is 13.1. The Bertz CT molecular complexity index is 571. The summed E-state index contributed by atoms with van der Waals surface area (Å²) < 4.78 is 39.9. The van der Waals surface area contributed by atoms with Gasteiger partial charge in [-0.3, -0.25) is 4.90 Å². The average molecular weight is 439 g/mol. The molecular weight excluding hydrogens is 420 g/mol. The molecule has 1 saturated heterocycles. The van der Waals surface area contributed by atoms with Gasteiger partial charge < -0.3 is 5.32 Å². The predicted molar refractivity (Wildman–Crippen MR) is 93.1 cm³/mol. The summed E-state index contributed by atoms with van der Waals surface area (Å²) in [6.07, 6.45) is 0. The molecule has 0 spiro atoms. The third kappa shape index (κ3) is 6.27. The number of hydrogen-bond acceptors (Lipinski definition) is 4. The highest BCUT2D eigenvalue weighted by Gasteiger charge is 2.16. The van der Waals surface area contributed by atoms with Crippen LogP contribution in [0.15, 0.2) is 27.6 Å². The summed E-state index contributed by atoms with van der Waals surface area (Å²) in [5.41, 5.74) is 0. The van der Waals surface area contributed by atoms with Gasteiger partial charge in [0.25, 0.3) is 0 Å². The molecule has 0 atom stereocenters. The smallest absolute Gasteiger partial charge is 0.240 e. The second kappa shape index (κ2) is 10.0. The van der Waals surface area contributed by atoms with Crippen LogP contribution >= 0.6 is 40.7 Å². The third-order valence-electron chi connectivity index (χ3n) is 3.13. The minimum absolute atomic E-state index is 0. The lowest BCUT2D eigenvalue weighted by Crippen LogP contribution is -2.46. The molecule has 1 aromatic rings. The number of nitrogens with one attached hydrogen (secondary N) is 2. The van der Waals surface area contributed by atoms with E-state index in [1.165, 1.54) is 12.1 Å². The van der Waals surface area contributed by atoms with Crippen LogP contribution in [-0.4, -0.2) is 52.6 Å². The molecule has 0 radical (unpaired) electrons. The van der Waals surface area contributed by atoms with Crippen molar-refractivity contribution in [2.24, 2.45) is 0 Å². The van der Waals surface area contributed by atoms with Crippen molar-refractivity contribution in [3.8, 4) is 0 Å². The van der Waals surface area contributed by atoms with Gasteiger partial charge in [0.05, 0.1) is 9.37 Å². The number of benzene rings is 1. The van der Waals surface area contributed by atoms with Crippen LogP contribution < -0.4 is 10.0 Å². The molecule has 0 amide bonds. The molecule has 0 saturated carbocycles. The summed E-state index contributed by atoms with van der Waals surface area (Å²) in [6.45, 7) is 4.71. The van der Waals surface area contributed by atoms with E-state index in [0.29, 0.717) is 13.1 Å². The van der Waals surface area contributed by atoms with Crippen molar-refractivity contribution in [2.45, 2.75) is 4.90 Å². The van der Waals surface area contributed by atoms with Crippen LogP contribution in [-0.2, 0) is 10.0 Å². The molecule has 0 aromatic heterocycles. The van der Waals surface area contributed by atoms with Gasteiger partial charge in [-0.15, -0.1) is 24.8 Å². The highest BCUT2D eigenvalue weighted by atomic mass is 79.9. The summed E-state index contributed by atoms with van der Waals surface area (Å²) in [7, 11) is -3.59. The van der Waals surface area contributed by atoms with E-state index in [2.05, 4.69) is 30.9 Å². The van der Waals surface area contributed by atoms with Crippen LogP contribution in [0.5, 0.6) is 0 Å². The van der Waals surface area contributed by atoms with Crippen LogP contribution in [0.1, 0.15) is 0 Å². The topological polar surface area (TPSA) is 61.4 Å². The van der Waals surface area contributed by atoms with E-state index >= 15 is 0 Å². The maximum Gasteiger partial charge on any atom is 0.240 e. The van der Waals surface area contributed by atoms with E-state index in [1.807, 2.05) is 0 Å². The number of nitrogens with zero attached hydrogens (tertiary/aromatic N) is 1. The fraction of sp³-hybridized carbons (Fsp3) is 0.500. The SMILES string of the molecule is Cl.Cl.O=S(=O)(NCCN1CCNCC1)c1ccc(F)c(Br)c1. The summed E-state index contributed by atoms with van der Waals surface area (Å²) >= 11 is 2.99. The summed E-state index contributed by atoms with van der Waals surface area (Å²) in [5, 5.41) is 3.24. The Balaban J connectivity index is 0.00000220. The molecule has 1 aliphatic rings. The fourth-order valence-electron chi connectivity index (χ4n) is 2.00. The second-order valence-electron chi connectivity index (χ2n) is 4.57. The first kappa shape index (κ1) is 22.0. The molecule has 2 N–H and O–H groups in total. The van der Waals surface area contributed by atoms with E-state index in [9.17, 15) is 12.8 Å². The summed E-state index contributed by atoms with van der Waals surface area (Å²) in [4.78, 5) is 2.26. The van der Waals surface area contributed by atoms with Crippen LogP contribution in [0.2, 0.25) is 0 Å². The molecular formula is C12H19BrCl2FN3O2S. The summed E-state index contributed by atoms with van der Waals surface area (Å²) in [5.74, 6) is -0.482. The van der Waals surface area contributed by atoms with Crippen molar-refractivity contribution in [3.05, 3.63) is 28.5 Å². The number of sulfonamides is 1. The van der Waals surface area contributed by atoms with Crippen molar-refractivity contribution >= 4 is 50.8 Å². The molecule has 22 heavy (non-hydrogen) atoms. The van der Waals surface area contributed by atoms with Gasteiger partial charge in [-0.25, -0.2) is 17.5 Å². The minimum atomic E-state index is -3.59. The van der Waals surface area contributed by atoms with Gasteiger partial charge in [0, 0.05) is 39.3 Å². The first-order valence-electron chi connectivity index (χ1n) is 6.37. The molecule has 0 aliphatic carbocycles. The molecule has 2 rings (SSSR count). The van der Waals surface area contributed by atoms with Gasteiger partial charge >= 0.3 is 0 Å². The molecule has 1 aliphatic heterocycles. The zero-order valence-corrected chi connectivity index (χ0v) is 15.8. The van der Waals surface area contributed by atoms with E-state index < -0.39 is 15.8 Å². The van der Waals surface area contributed by atoms with Crippen LogP contribution in [0.4, 0.5) is 4.39 Å². The zero-order valence-electron chi connectivity index (χ0n) is 11.7. The summed E-state index contributed by atoms with van der Waals surface area (Å²) in [6, 6.07) is 3.66. The lowest BCUT2D eigenvalue weighted by Gasteiger charge is -2.27. The Hall–Kier alpha value is 0.0400. The van der Waals surface area contributed by atoms with Crippen molar-refractivity contribution in [2.75, 3.05) is 39.3 Å². The molecule has 0 unspecified atom stereocenters. The van der Waals surface area contributed by atoms with E-state index in [0.717, 1.165) is 32.2 Å². The van der Waals surface area contributed by atoms with Gasteiger partial charge in [0.2, 0.25) is 10.0 Å². The Morgan fingerprint density at radius 3 is 2.50 bits per heavy atom. The predicted octanol–water partition coefficient (Wildman–Crippen LogP) is 1.62. The van der Waals surface area contributed by atoms with Gasteiger partial charge in [0.15, 0.2) is 0 Å². The first-order chi connectivity index (χ1) is 9.49. The number of hydrogen-bond donors (Lipinski definition) is 2.